The Balaban J connectivity index is 2.53. The van der Waals surface area contributed by atoms with Crippen LogP contribution < -0.4 is 10.9 Å². The predicted octanol–water partition coefficient (Wildman–Crippen LogP) is 0.915. The Morgan fingerprint density at radius 3 is 2.62 bits per heavy atom. The van der Waals surface area contributed by atoms with Gasteiger partial charge >= 0.3 is 0 Å². The zero-order valence-electron chi connectivity index (χ0n) is 5.78. The highest BCUT2D eigenvalue weighted by Gasteiger charge is 1.81. The maximum atomic E-state index is 4.03. The van der Waals surface area contributed by atoms with Gasteiger partial charge in [-0.2, -0.15) is 5.43 Å². The molecule has 0 atom stereocenters. The van der Waals surface area contributed by atoms with Crippen LogP contribution in [0.25, 0.3) is 0 Å². The molecule has 2 nitrogen and oxygen atoms in total. The molecule has 0 aliphatic carbocycles. The average Bonchev–Trinajstić information content (AvgIpc) is 1.81. The molecular weight excluding hydrogens is 100 g/mol. The van der Waals surface area contributed by atoms with E-state index in [1.807, 2.05) is 0 Å². The molecule has 0 saturated carbocycles. The summed E-state index contributed by atoms with van der Waals surface area (Å²) in [6.07, 6.45) is 2.43. The van der Waals surface area contributed by atoms with Crippen molar-refractivity contribution in [3.63, 3.8) is 0 Å². The van der Waals surface area contributed by atoms with Crippen LogP contribution in [0.15, 0.2) is 0 Å². The van der Waals surface area contributed by atoms with Crippen molar-refractivity contribution in [2.24, 2.45) is 0 Å². The molecule has 0 aliphatic rings. The van der Waals surface area contributed by atoms with Crippen molar-refractivity contribution >= 4 is 0 Å². The first-order valence-electron chi connectivity index (χ1n) is 3.31. The summed E-state index contributed by atoms with van der Waals surface area (Å²) < 4.78 is 0. The van der Waals surface area contributed by atoms with Crippen molar-refractivity contribution in [1.29, 1.82) is 0 Å². The normalized spacial score (nSPS) is 9.75. The quantitative estimate of drug-likeness (QED) is 0.418. The Hall–Kier alpha value is -0.0800. The van der Waals surface area contributed by atoms with Gasteiger partial charge in [-0.15, -0.1) is 0 Å². The lowest BCUT2D eigenvalue weighted by Gasteiger charge is -1.97. The lowest BCUT2D eigenvalue weighted by atomic mass is 10.3. The lowest BCUT2D eigenvalue weighted by molar-refractivity contribution is 0.521. The third-order valence-electron chi connectivity index (χ3n) is 0.893. The van der Waals surface area contributed by atoms with E-state index in [9.17, 15) is 0 Å². The van der Waals surface area contributed by atoms with E-state index in [0.29, 0.717) is 0 Å². The van der Waals surface area contributed by atoms with Crippen molar-refractivity contribution in [1.82, 2.24) is 10.9 Å². The summed E-state index contributed by atoms with van der Waals surface area (Å²) in [6.45, 7) is 6.13. The van der Waals surface area contributed by atoms with Gasteiger partial charge in [0.25, 0.3) is 0 Å². The second-order valence-electron chi connectivity index (χ2n) is 1.75. The van der Waals surface area contributed by atoms with Gasteiger partial charge in [0.1, 0.15) is 0 Å². The van der Waals surface area contributed by atoms with Gasteiger partial charge in [0, 0.05) is 13.1 Å². The predicted molar refractivity (Wildman–Crippen MR) is 35.6 cm³/mol. The van der Waals surface area contributed by atoms with Gasteiger partial charge in [-0.1, -0.05) is 20.3 Å². The molecule has 0 bridgehead atoms. The van der Waals surface area contributed by atoms with Crippen LogP contribution in [0.4, 0.5) is 0 Å². The van der Waals surface area contributed by atoms with Gasteiger partial charge in [0.2, 0.25) is 0 Å². The van der Waals surface area contributed by atoms with Gasteiger partial charge in [0.15, 0.2) is 0 Å². The molecule has 0 fully saturated rings. The van der Waals surface area contributed by atoms with Gasteiger partial charge < -0.3 is 0 Å². The third kappa shape index (κ3) is 5.92. The standard InChI is InChI=1S/C6H15N2/c1-3-5-6-8-7-4-2/h7H,3-6H2,1-2H3. The highest BCUT2D eigenvalue weighted by Crippen LogP contribution is 1.80. The van der Waals surface area contributed by atoms with Crippen LogP contribution in [0.5, 0.6) is 0 Å². The molecule has 0 saturated heterocycles. The minimum absolute atomic E-state index is 0.948. The van der Waals surface area contributed by atoms with Crippen LogP contribution in [0.3, 0.4) is 0 Å². The first-order chi connectivity index (χ1) is 3.91. The summed E-state index contributed by atoms with van der Waals surface area (Å²) in [6, 6.07) is 0. The van der Waals surface area contributed by atoms with Crippen molar-refractivity contribution in [2.75, 3.05) is 13.1 Å². The first-order valence-corrected chi connectivity index (χ1v) is 3.31. The summed E-state index contributed by atoms with van der Waals surface area (Å²) >= 11 is 0. The Labute approximate surface area is 51.6 Å². The largest absolute Gasteiger partial charge is 0.240 e. The van der Waals surface area contributed by atoms with Gasteiger partial charge in [0.05, 0.1) is 0 Å². The van der Waals surface area contributed by atoms with E-state index in [-0.39, 0.29) is 0 Å². The molecule has 0 rings (SSSR count). The molecule has 0 aliphatic heterocycles. The van der Waals surface area contributed by atoms with Crippen LogP contribution in [0, 0.1) is 0 Å². The van der Waals surface area contributed by atoms with Crippen LogP contribution in [0.2, 0.25) is 0 Å². The van der Waals surface area contributed by atoms with Gasteiger partial charge in [-0.3, -0.25) is 0 Å². The maximum Gasteiger partial charge on any atom is 0.0304 e. The lowest BCUT2D eigenvalue weighted by Crippen LogP contribution is -2.24. The van der Waals surface area contributed by atoms with E-state index in [1.165, 1.54) is 12.8 Å². The first kappa shape index (κ1) is 7.92. The molecule has 0 aromatic heterocycles. The maximum absolute atomic E-state index is 4.03. The number of rotatable bonds is 5. The molecule has 2 heteroatoms. The Morgan fingerprint density at radius 1 is 1.38 bits per heavy atom. The number of nitrogens with zero attached hydrogens (tertiary/aromatic N) is 1. The molecule has 0 heterocycles. The molecule has 8 heavy (non-hydrogen) atoms. The summed E-state index contributed by atoms with van der Waals surface area (Å²) in [5.74, 6) is 0. The Bertz CT molecular complexity index is 31.5. The summed E-state index contributed by atoms with van der Waals surface area (Å²) in [5.41, 5.74) is 6.94. The van der Waals surface area contributed by atoms with Crippen LogP contribution >= 0.6 is 0 Å². The Kier molecular flexibility index (Phi) is 6.85. The minimum Gasteiger partial charge on any atom is -0.240 e. The van der Waals surface area contributed by atoms with E-state index in [4.69, 9.17) is 0 Å². The van der Waals surface area contributed by atoms with E-state index >= 15 is 0 Å². The monoisotopic (exact) mass is 115 g/mol. The Morgan fingerprint density at radius 2 is 2.12 bits per heavy atom. The van der Waals surface area contributed by atoms with Crippen LogP contribution in [0.1, 0.15) is 26.7 Å². The van der Waals surface area contributed by atoms with E-state index in [1.54, 1.807) is 0 Å². The van der Waals surface area contributed by atoms with Crippen molar-refractivity contribution < 1.29 is 0 Å². The fourth-order valence-electron chi connectivity index (χ4n) is 0.428. The van der Waals surface area contributed by atoms with Crippen molar-refractivity contribution in [2.45, 2.75) is 26.7 Å². The molecular formula is C6H15N2. The number of hydrogen-bond acceptors (Lipinski definition) is 1. The topological polar surface area (TPSA) is 26.1 Å². The third-order valence-corrected chi connectivity index (χ3v) is 0.893. The minimum atomic E-state index is 0.948. The van der Waals surface area contributed by atoms with Crippen LogP contribution in [-0.2, 0) is 0 Å². The average molecular weight is 115 g/mol. The number of nitrogens with one attached hydrogen (secondary N) is 1. The number of unbranched alkanes of at least 4 members (excludes halogenated alkanes) is 1. The van der Waals surface area contributed by atoms with E-state index in [2.05, 4.69) is 24.7 Å². The molecule has 0 aromatic carbocycles. The van der Waals surface area contributed by atoms with Crippen molar-refractivity contribution in [3.05, 3.63) is 0 Å². The molecule has 0 amide bonds. The van der Waals surface area contributed by atoms with E-state index in [0.717, 1.165) is 13.1 Å². The fraction of sp³-hybridized carbons (Fsp3) is 1.00. The van der Waals surface area contributed by atoms with Gasteiger partial charge in [-0.25, -0.2) is 5.43 Å². The second kappa shape index (κ2) is 6.92. The SMILES string of the molecule is CCCC[N]NCC. The van der Waals surface area contributed by atoms with E-state index < -0.39 is 0 Å². The highest BCUT2D eigenvalue weighted by atomic mass is 15.3. The smallest absolute Gasteiger partial charge is 0.0304 e. The molecule has 0 unspecified atom stereocenters. The summed E-state index contributed by atoms with van der Waals surface area (Å²) in [7, 11) is 0. The second-order valence-corrected chi connectivity index (χ2v) is 1.75. The number of hydrogen-bond donors (Lipinski definition) is 1. The molecule has 1 radical (unpaired) electrons. The summed E-state index contributed by atoms with van der Waals surface area (Å²) in [4.78, 5) is 0. The molecule has 1 N–H and O–H groups in total. The molecule has 0 aromatic rings. The van der Waals surface area contributed by atoms with Crippen molar-refractivity contribution in [3.8, 4) is 0 Å². The zero-order valence-corrected chi connectivity index (χ0v) is 5.78. The van der Waals surface area contributed by atoms with Crippen LogP contribution in [-0.4, -0.2) is 13.1 Å². The zero-order chi connectivity index (χ0) is 6.24. The summed E-state index contributed by atoms with van der Waals surface area (Å²) in [5, 5.41) is 0. The fourth-order valence-corrected chi connectivity index (χ4v) is 0.428. The highest BCUT2D eigenvalue weighted by molar-refractivity contribution is 4.37. The van der Waals surface area contributed by atoms with Gasteiger partial charge in [-0.05, 0) is 6.42 Å². The molecule has 0 spiro atoms. The molecule has 49 valence electrons.